The van der Waals surface area contributed by atoms with Gasteiger partial charge in [-0.3, -0.25) is 4.79 Å². The van der Waals surface area contributed by atoms with Gasteiger partial charge in [0.2, 0.25) is 5.91 Å². The molecule has 1 rings (SSSR count). The molecular weight excluding hydrogens is 250 g/mol. The maximum atomic E-state index is 11.5. The second kappa shape index (κ2) is 9.11. The van der Waals surface area contributed by atoms with Gasteiger partial charge >= 0.3 is 0 Å². The summed E-state index contributed by atoms with van der Waals surface area (Å²) in [4.78, 5) is 11.5. The van der Waals surface area contributed by atoms with Crippen molar-refractivity contribution in [2.75, 3.05) is 19.6 Å². The van der Waals surface area contributed by atoms with Crippen LogP contribution in [0.25, 0.3) is 0 Å². The van der Waals surface area contributed by atoms with Crippen molar-refractivity contribution in [1.82, 2.24) is 10.6 Å². The normalized spacial score (nSPS) is 11.9. The Morgan fingerprint density at radius 1 is 1.25 bits per heavy atom. The van der Waals surface area contributed by atoms with Gasteiger partial charge in [-0.1, -0.05) is 44.2 Å². The molecule has 0 aromatic heterocycles. The van der Waals surface area contributed by atoms with E-state index in [0.29, 0.717) is 32.0 Å². The van der Waals surface area contributed by atoms with Crippen molar-refractivity contribution in [3.8, 4) is 6.07 Å². The van der Waals surface area contributed by atoms with Crippen molar-refractivity contribution in [3.63, 3.8) is 0 Å². The highest BCUT2D eigenvalue weighted by molar-refractivity contribution is 5.76. The van der Waals surface area contributed by atoms with Crippen molar-refractivity contribution < 1.29 is 4.79 Å². The summed E-state index contributed by atoms with van der Waals surface area (Å²) in [7, 11) is 0. The molecule has 0 aliphatic rings. The Morgan fingerprint density at radius 2 is 1.95 bits per heavy atom. The fourth-order valence-corrected chi connectivity index (χ4v) is 1.78. The lowest BCUT2D eigenvalue weighted by atomic mass is 10.0. The highest BCUT2D eigenvalue weighted by Crippen LogP contribution is 2.12. The molecule has 0 saturated heterocycles. The quantitative estimate of drug-likeness (QED) is 0.712. The van der Waals surface area contributed by atoms with Crippen LogP contribution in [0.15, 0.2) is 30.3 Å². The summed E-state index contributed by atoms with van der Waals surface area (Å²) in [5, 5.41) is 15.2. The zero-order chi connectivity index (χ0) is 14.8. The number of nitrogens with one attached hydrogen (secondary N) is 2. The average Bonchev–Trinajstić information content (AvgIpc) is 2.46. The first-order chi connectivity index (χ1) is 9.63. The summed E-state index contributed by atoms with van der Waals surface area (Å²) in [5.74, 6) is 0.349. The van der Waals surface area contributed by atoms with E-state index in [0.717, 1.165) is 5.56 Å². The Kier molecular flexibility index (Phi) is 7.38. The molecule has 108 valence electrons. The number of carbonyl (C=O) groups is 1. The lowest BCUT2D eigenvalue weighted by Crippen LogP contribution is -2.31. The molecule has 1 aromatic carbocycles. The van der Waals surface area contributed by atoms with Crippen LogP contribution in [0, 0.1) is 17.2 Å². The van der Waals surface area contributed by atoms with Crippen LogP contribution >= 0.6 is 0 Å². The first-order valence-corrected chi connectivity index (χ1v) is 7.05. The van der Waals surface area contributed by atoms with E-state index in [4.69, 9.17) is 5.26 Å². The second-order valence-electron chi connectivity index (χ2n) is 5.24. The molecule has 0 saturated carbocycles. The van der Waals surface area contributed by atoms with E-state index in [1.165, 1.54) is 0 Å². The van der Waals surface area contributed by atoms with Gasteiger partial charge in [-0.15, -0.1) is 0 Å². The fraction of sp³-hybridized carbons (Fsp3) is 0.500. The third-order valence-corrected chi connectivity index (χ3v) is 2.94. The van der Waals surface area contributed by atoms with Crippen LogP contribution in [0.5, 0.6) is 0 Å². The van der Waals surface area contributed by atoms with E-state index in [9.17, 15) is 4.79 Å². The van der Waals surface area contributed by atoms with Gasteiger partial charge in [0.25, 0.3) is 0 Å². The third-order valence-electron chi connectivity index (χ3n) is 2.94. The minimum Gasteiger partial charge on any atom is -0.356 e. The molecule has 0 bridgehead atoms. The molecule has 0 aliphatic heterocycles. The van der Waals surface area contributed by atoms with Crippen molar-refractivity contribution in [2.24, 2.45) is 5.92 Å². The Hall–Kier alpha value is -1.86. The number of benzene rings is 1. The van der Waals surface area contributed by atoms with Crippen LogP contribution in [0.4, 0.5) is 0 Å². The molecule has 1 amide bonds. The SMILES string of the molecule is CC(C)CNC(=O)CCNCC(C#N)c1ccccc1. The first-order valence-electron chi connectivity index (χ1n) is 7.05. The van der Waals surface area contributed by atoms with E-state index in [1.807, 2.05) is 30.3 Å². The van der Waals surface area contributed by atoms with Crippen molar-refractivity contribution in [1.29, 1.82) is 5.26 Å². The van der Waals surface area contributed by atoms with Crippen molar-refractivity contribution in [3.05, 3.63) is 35.9 Å². The Bertz CT molecular complexity index is 437. The maximum absolute atomic E-state index is 11.5. The molecule has 0 radical (unpaired) electrons. The van der Waals surface area contributed by atoms with Gasteiger partial charge in [0.1, 0.15) is 0 Å². The summed E-state index contributed by atoms with van der Waals surface area (Å²) in [5.41, 5.74) is 1.01. The van der Waals surface area contributed by atoms with Crippen molar-refractivity contribution in [2.45, 2.75) is 26.2 Å². The number of hydrogen-bond donors (Lipinski definition) is 2. The number of hydrogen-bond acceptors (Lipinski definition) is 3. The van der Waals surface area contributed by atoms with E-state index in [2.05, 4.69) is 30.6 Å². The number of nitrogens with zero attached hydrogens (tertiary/aromatic N) is 1. The molecular formula is C16H23N3O. The van der Waals surface area contributed by atoms with Crippen molar-refractivity contribution >= 4 is 5.91 Å². The number of amides is 1. The highest BCUT2D eigenvalue weighted by atomic mass is 16.1. The van der Waals surface area contributed by atoms with E-state index in [1.54, 1.807) is 0 Å². The van der Waals surface area contributed by atoms with E-state index in [-0.39, 0.29) is 11.8 Å². The smallest absolute Gasteiger partial charge is 0.221 e. The molecule has 20 heavy (non-hydrogen) atoms. The summed E-state index contributed by atoms with van der Waals surface area (Å²) >= 11 is 0. The maximum Gasteiger partial charge on any atom is 0.221 e. The molecule has 4 heteroatoms. The predicted octanol–water partition coefficient (Wildman–Crippen LogP) is 2.05. The Morgan fingerprint density at radius 3 is 2.55 bits per heavy atom. The van der Waals surface area contributed by atoms with Crippen LogP contribution in [-0.4, -0.2) is 25.5 Å². The molecule has 1 unspecified atom stereocenters. The molecule has 0 fully saturated rings. The second-order valence-corrected chi connectivity index (χ2v) is 5.24. The van der Waals surface area contributed by atoms with E-state index < -0.39 is 0 Å². The van der Waals surface area contributed by atoms with Crippen LogP contribution < -0.4 is 10.6 Å². The number of nitriles is 1. The minimum atomic E-state index is -0.171. The summed E-state index contributed by atoms with van der Waals surface area (Å²) in [6, 6.07) is 12.0. The highest BCUT2D eigenvalue weighted by Gasteiger charge is 2.09. The summed E-state index contributed by atoms with van der Waals surface area (Å²) in [6.07, 6.45) is 0.444. The van der Waals surface area contributed by atoms with Gasteiger partial charge in [-0.2, -0.15) is 5.26 Å². The molecule has 0 heterocycles. The van der Waals surface area contributed by atoms with Crippen LogP contribution in [0.3, 0.4) is 0 Å². The van der Waals surface area contributed by atoms with Crippen LogP contribution in [0.2, 0.25) is 0 Å². The van der Waals surface area contributed by atoms with Crippen LogP contribution in [0.1, 0.15) is 31.7 Å². The van der Waals surface area contributed by atoms with Gasteiger partial charge in [-0.05, 0) is 11.5 Å². The standard InChI is InChI=1S/C16H23N3O/c1-13(2)11-19-16(20)8-9-18-12-15(10-17)14-6-4-3-5-7-14/h3-7,13,15,18H,8-9,11-12H2,1-2H3,(H,19,20). The van der Waals surface area contributed by atoms with Gasteiger partial charge in [0, 0.05) is 26.1 Å². The fourth-order valence-electron chi connectivity index (χ4n) is 1.78. The molecule has 1 aromatic rings. The molecule has 2 N–H and O–H groups in total. The lowest BCUT2D eigenvalue weighted by molar-refractivity contribution is -0.121. The number of carbonyl (C=O) groups excluding carboxylic acids is 1. The molecule has 0 spiro atoms. The topological polar surface area (TPSA) is 64.9 Å². The average molecular weight is 273 g/mol. The summed E-state index contributed by atoms with van der Waals surface area (Å²) in [6.45, 7) is 6.00. The molecule has 1 atom stereocenters. The van der Waals surface area contributed by atoms with Gasteiger partial charge in [0.15, 0.2) is 0 Å². The largest absolute Gasteiger partial charge is 0.356 e. The monoisotopic (exact) mass is 273 g/mol. The Balaban J connectivity index is 2.23. The Labute approximate surface area is 121 Å². The molecule has 4 nitrogen and oxygen atoms in total. The lowest BCUT2D eigenvalue weighted by Gasteiger charge is -2.11. The zero-order valence-corrected chi connectivity index (χ0v) is 12.2. The van der Waals surface area contributed by atoms with Gasteiger partial charge in [0.05, 0.1) is 12.0 Å². The van der Waals surface area contributed by atoms with E-state index >= 15 is 0 Å². The zero-order valence-electron chi connectivity index (χ0n) is 12.2. The van der Waals surface area contributed by atoms with Gasteiger partial charge < -0.3 is 10.6 Å². The summed E-state index contributed by atoms with van der Waals surface area (Å²) < 4.78 is 0. The number of rotatable bonds is 8. The van der Waals surface area contributed by atoms with Gasteiger partial charge in [-0.25, -0.2) is 0 Å². The molecule has 0 aliphatic carbocycles. The third kappa shape index (κ3) is 6.35. The van der Waals surface area contributed by atoms with Crippen LogP contribution in [-0.2, 0) is 4.79 Å². The minimum absolute atomic E-state index is 0.0550. The predicted molar refractivity (Wildman–Crippen MR) is 80.1 cm³/mol. The first kappa shape index (κ1) is 16.2.